The van der Waals surface area contributed by atoms with Crippen LogP contribution in [0.3, 0.4) is 0 Å². The fraction of sp³-hybridized carbons (Fsp3) is 0.273. The number of rotatable bonds is 4. The molecule has 30 heavy (non-hydrogen) atoms. The van der Waals surface area contributed by atoms with Crippen LogP contribution in [-0.2, 0) is 17.6 Å². The van der Waals surface area contributed by atoms with Gasteiger partial charge in [0.1, 0.15) is 11.5 Å². The molecule has 0 radical (unpaired) electrons. The highest BCUT2D eigenvalue weighted by atomic mass is 19.1. The summed E-state index contributed by atoms with van der Waals surface area (Å²) in [4.78, 5) is 12.6. The second-order valence-corrected chi connectivity index (χ2v) is 7.43. The van der Waals surface area contributed by atoms with Crippen molar-refractivity contribution in [2.75, 3.05) is 6.79 Å². The molecule has 0 unspecified atom stereocenters. The number of fused-ring (bicyclic) bond motifs is 2. The van der Waals surface area contributed by atoms with Gasteiger partial charge in [-0.1, -0.05) is 6.07 Å². The monoisotopic (exact) mass is 411 g/mol. The number of ether oxygens (including phenoxy) is 2. The number of hydrogen-bond donors (Lipinski definition) is 1. The normalized spacial score (nSPS) is 16.9. The van der Waals surface area contributed by atoms with Gasteiger partial charge < -0.3 is 14.8 Å². The number of carbonyl (C=O) groups is 1. The summed E-state index contributed by atoms with van der Waals surface area (Å²) in [7, 11) is 0. The first-order valence-electron chi connectivity index (χ1n) is 9.78. The molecule has 1 aliphatic carbocycles. The van der Waals surface area contributed by atoms with E-state index in [1.807, 2.05) is 12.1 Å². The van der Waals surface area contributed by atoms with E-state index in [1.54, 1.807) is 12.3 Å². The zero-order chi connectivity index (χ0) is 20.7. The summed E-state index contributed by atoms with van der Waals surface area (Å²) < 4.78 is 39.6. The Morgan fingerprint density at radius 1 is 1.17 bits per heavy atom. The van der Waals surface area contributed by atoms with Crippen molar-refractivity contribution in [1.29, 1.82) is 0 Å². The van der Waals surface area contributed by atoms with Gasteiger partial charge in [-0.05, 0) is 49.1 Å². The smallest absolute Gasteiger partial charge is 0.231 e. The predicted molar refractivity (Wildman–Crippen MR) is 104 cm³/mol. The van der Waals surface area contributed by atoms with Crippen LogP contribution in [0.4, 0.5) is 8.78 Å². The molecule has 0 saturated carbocycles. The summed E-state index contributed by atoms with van der Waals surface area (Å²) in [6, 6.07) is 8.67. The standard InChI is InChI=1S/C22H19F2N3O3/c23-14-5-6-19(16(24)10-14)27-18-3-1-2-17(15(18)11-25-27)26-22(28)9-13-4-7-20-21(8-13)30-12-29-20/h4-8,10-11,17H,1-3,9,12H2,(H,26,28)/t17-/m1/s1. The average molecular weight is 411 g/mol. The number of benzene rings is 2. The van der Waals surface area contributed by atoms with E-state index in [4.69, 9.17) is 9.47 Å². The molecule has 1 N–H and O–H groups in total. The Bertz CT molecular complexity index is 1130. The van der Waals surface area contributed by atoms with Crippen molar-refractivity contribution in [3.8, 4) is 17.2 Å². The number of nitrogens with one attached hydrogen (secondary N) is 1. The molecule has 1 amide bonds. The summed E-state index contributed by atoms with van der Waals surface area (Å²) in [6.07, 6.45) is 4.18. The highest BCUT2D eigenvalue weighted by Gasteiger charge is 2.27. The lowest BCUT2D eigenvalue weighted by Crippen LogP contribution is -2.32. The van der Waals surface area contributed by atoms with E-state index >= 15 is 0 Å². The molecule has 2 heterocycles. The van der Waals surface area contributed by atoms with E-state index < -0.39 is 11.6 Å². The van der Waals surface area contributed by atoms with Gasteiger partial charge in [-0.3, -0.25) is 4.79 Å². The van der Waals surface area contributed by atoms with Crippen LogP contribution >= 0.6 is 0 Å². The van der Waals surface area contributed by atoms with E-state index in [1.165, 1.54) is 16.8 Å². The third kappa shape index (κ3) is 3.38. The molecule has 3 aromatic rings. The fourth-order valence-corrected chi connectivity index (χ4v) is 4.05. The molecule has 2 aliphatic rings. The maximum Gasteiger partial charge on any atom is 0.231 e. The molecule has 2 aromatic carbocycles. The topological polar surface area (TPSA) is 65.4 Å². The Kier molecular flexibility index (Phi) is 4.61. The Morgan fingerprint density at radius 3 is 2.90 bits per heavy atom. The third-order valence-electron chi connectivity index (χ3n) is 5.46. The van der Waals surface area contributed by atoms with E-state index in [0.29, 0.717) is 17.9 Å². The minimum absolute atomic E-state index is 0.118. The lowest BCUT2D eigenvalue weighted by molar-refractivity contribution is -0.121. The number of amides is 1. The number of carbonyl (C=O) groups excluding carboxylic acids is 1. The van der Waals surface area contributed by atoms with Gasteiger partial charge in [0.05, 0.1) is 18.7 Å². The van der Waals surface area contributed by atoms with Crippen LogP contribution in [0, 0.1) is 11.6 Å². The molecule has 1 aliphatic heterocycles. The zero-order valence-corrected chi connectivity index (χ0v) is 16.0. The van der Waals surface area contributed by atoms with Crippen molar-refractivity contribution >= 4 is 5.91 Å². The van der Waals surface area contributed by atoms with Crippen molar-refractivity contribution in [2.45, 2.75) is 31.7 Å². The number of hydrogen-bond acceptors (Lipinski definition) is 4. The molecule has 8 heteroatoms. The van der Waals surface area contributed by atoms with E-state index in [-0.39, 0.29) is 30.9 Å². The van der Waals surface area contributed by atoms with Crippen LogP contribution in [0.1, 0.15) is 35.7 Å². The number of aromatic nitrogens is 2. The van der Waals surface area contributed by atoms with Gasteiger partial charge in [0.15, 0.2) is 17.3 Å². The third-order valence-corrected chi connectivity index (χ3v) is 5.46. The maximum absolute atomic E-state index is 14.2. The maximum atomic E-state index is 14.2. The van der Waals surface area contributed by atoms with Gasteiger partial charge >= 0.3 is 0 Å². The van der Waals surface area contributed by atoms with E-state index in [9.17, 15) is 13.6 Å². The van der Waals surface area contributed by atoms with Gasteiger partial charge in [0.25, 0.3) is 0 Å². The summed E-state index contributed by atoms with van der Waals surface area (Å²) in [5, 5.41) is 7.37. The Balaban J connectivity index is 1.34. The first-order chi connectivity index (χ1) is 14.6. The highest BCUT2D eigenvalue weighted by molar-refractivity contribution is 5.79. The van der Waals surface area contributed by atoms with Gasteiger partial charge in [-0.15, -0.1) is 0 Å². The molecule has 0 bridgehead atoms. The molecular weight excluding hydrogens is 392 g/mol. The molecule has 0 saturated heterocycles. The summed E-state index contributed by atoms with van der Waals surface area (Å²) >= 11 is 0. The first-order valence-corrected chi connectivity index (χ1v) is 9.78. The summed E-state index contributed by atoms with van der Waals surface area (Å²) in [5.74, 6) is -0.104. The molecule has 1 atom stereocenters. The van der Waals surface area contributed by atoms with Crippen LogP contribution in [-0.4, -0.2) is 22.5 Å². The minimum Gasteiger partial charge on any atom is -0.454 e. The van der Waals surface area contributed by atoms with E-state index in [0.717, 1.165) is 35.7 Å². The van der Waals surface area contributed by atoms with Crippen molar-refractivity contribution in [1.82, 2.24) is 15.1 Å². The van der Waals surface area contributed by atoms with Crippen LogP contribution in [0.5, 0.6) is 11.5 Å². The molecule has 5 rings (SSSR count). The van der Waals surface area contributed by atoms with Crippen LogP contribution in [0.15, 0.2) is 42.6 Å². The fourth-order valence-electron chi connectivity index (χ4n) is 4.05. The Labute approximate surface area is 171 Å². The lowest BCUT2D eigenvalue weighted by Gasteiger charge is -2.24. The largest absolute Gasteiger partial charge is 0.454 e. The molecule has 0 spiro atoms. The van der Waals surface area contributed by atoms with Crippen LogP contribution < -0.4 is 14.8 Å². The molecule has 1 aromatic heterocycles. The average Bonchev–Trinajstić information content (AvgIpc) is 3.35. The second kappa shape index (κ2) is 7.44. The van der Waals surface area contributed by atoms with Crippen molar-refractivity contribution < 1.29 is 23.0 Å². The predicted octanol–water partition coefficient (Wildman–Crippen LogP) is 3.62. The van der Waals surface area contributed by atoms with Crippen LogP contribution in [0.25, 0.3) is 5.69 Å². The van der Waals surface area contributed by atoms with Crippen molar-refractivity contribution in [3.63, 3.8) is 0 Å². The van der Waals surface area contributed by atoms with Crippen molar-refractivity contribution in [3.05, 3.63) is 71.1 Å². The van der Waals surface area contributed by atoms with E-state index in [2.05, 4.69) is 10.4 Å². The minimum atomic E-state index is -0.671. The quantitative estimate of drug-likeness (QED) is 0.712. The Morgan fingerprint density at radius 2 is 2.03 bits per heavy atom. The SMILES string of the molecule is O=C(Cc1ccc2c(c1)OCO2)N[C@@H]1CCCc2c1cnn2-c1ccc(F)cc1F. The first kappa shape index (κ1) is 18.6. The van der Waals surface area contributed by atoms with Crippen molar-refractivity contribution in [2.24, 2.45) is 0 Å². The summed E-state index contributed by atoms with van der Waals surface area (Å²) in [5.41, 5.74) is 2.73. The molecular formula is C22H19F2N3O3. The zero-order valence-electron chi connectivity index (χ0n) is 16.0. The van der Waals surface area contributed by atoms with Crippen LogP contribution in [0.2, 0.25) is 0 Å². The van der Waals surface area contributed by atoms with Gasteiger partial charge in [0, 0.05) is 17.3 Å². The Hall–Kier alpha value is -3.42. The second-order valence-electron chi connectivity index (χ2n) is 7.43. The van der Waals surface area contributed by atoms with Gasteiger partial charge in [-0.2, -0.15) is 5.10 Å². The summed E-state index contributed by atoms with van der Waals surface area (Å²) in [6.45, 7) is 0.189. The highest BCUT2D eigenvalue weighted by Crippen LogP contribution is 2.34. The molecule has 6 nitrogen and oxygen atoms in total. The lowest BCUT2D eigenvalue weighted by atomic mass is 9.92. The number of nitrogens with zero attached hydrogens (tertiary/aromatic N) is 2. The number of halogens is 2. The molecule has 154 valence electrons. The van der Waals surface area contributed by atoms with Gasteiger partial charge in [-0.25, -0.2) is 13.5 Å². The van der Waals surface area contributed by atoms with Gasteiger partial charge in [0.2, 0.25) is 12.7 Å². The molecule has 0 fully saturated rings.